The molecule has 2 aromatic carbocycles. The number of aliphatic hydroxyl groups excluding tert-OH is 1. The van der Waals surface area contributed by atoms with E-state index in [1.54, 1.807) is 31.4 Å². The summed E-state index contributed by atoms with van der Waals surface area (Å²) in [7, 11) is 2.94. The Kier molecular flexibility index (Phi) is 4.62. The van der Waals surface area contributed by atoms with Crippen molar-refractivity contribution in [3.63, 3.8) is 0 Å². The molecular weight excluding hydrogens is 327 g/mol. The molecule has 0 aromatic heterocycles. The second-order valence-electron chi connectivity index (χ2n) is 4.19. The molecule has 1 atom stereocenters. The lowest BCUT2D eigenvalue weighted by Gasteiger charge is -2.15. The van der Waals surface area contributed by atoms with E-state index in [9.17, 15) is 9.50 Å². The van der Waals surface area contributed by atoms with Crippen LogP contribution < -0.4 is 9.47 Å². The number of benzene rings is 2. The Labute approximate surface area is 125 Å². The van der Waals surface area contributed by atoms with Gasteiger partial charge < -0.3 is 14.6 Å². The van der Waals surface area contributed by atoms with Crippen LogP contribution >= 0.6 is 15.9 Å². The Morgan fingerprint density at radius 3 is 2.30 bits per heavy atom. The van der Waals surface area contributed by atoms with Crippen molar-refractivity contribution < 1.29 is 19.0 Å². The second kappa shape index (κ2) is 6.24. The number of hydrogen-bond acceptors (Lipinski definition) is 3. The van der Waals surface area contributed by atoms with E-state index in [0.29, 0.717) is 15.8 Å². The van der Waals surface area contributed by atoms with Gasteiger partial charge in [-0.1, -0.05) is 28.1 Å². The molecule has 3 nitrogen and oxygen atoms in total. The standard InChI is InChI=1S/C15H14BrFO3/c1-19-11-5-3-9(4-6-11)15(18)12-7-10(16)8-13(20-2)14(12)17/h3-8,15,18H,1-2H3. The van der Waals surface area contributed by atoms with Crippen LogP contribution in [0.3, 0.4) is 0 Å². The van der Waals surface area contributed by atoms with Crippen LogP contribution in [0.5, 0.6) is 11.5 Å². The number of aliphatic hydroxyl groups is 1. The molecule has 0 radical (unpaired) electrons. The first kappa shape index (κ1) is 14.8. The van der Waals surface area contributed by atoms with Gasteiger partial charge >= 0.3 is 0 Å². The highest BCUT2D eigenvalue weighted by atomic mass is 79.9. The monoisotopic (exact) mass is 340 g/mol. The second-order valence-corrected chi connectivity index (χ2v) is 5.10. The van der Waals surface area contributed by atoms with E-state index in [2.05, 4.69) is 15.9 Å². The van der Waals surface area contributed by atoms with Crippen molar-refractivity contribution in [3.8, 4) is 11.5 Å². The summed E-state index contributed by atoms with van der Waals surface area (Å²) in [5, 5.41) is 10.3. The number of methoxy groups -OCH3 is 2. The van der Waals surface area contributed by atoms with Crippen LogP contribution in [0.15, 0.2) is 40.9 Å². The van der Waals surface area contributed by atoms with Gasteiger partial charge in [0.25, 0.3) is 0 Å². The third-order valence-electron chi connectivity index (χ3n) is 2.98. The Balaban J connectivity index is 2.41. The van der Waals surface area contributed by atoms with Crippen molar-refractivity contribution in [1.29, 1.82) is 0 Å². The molecule has 0 amide bonds. The van der Waals surface area contributed by atoms with Crippen LogP contribution in [0.2, 0.25) is 0 Å². The molecule has 0 aliphatic heterocycles. The van der Waals surface area contributed by atoms with E-state index in [0.717, 1.165) is 0 Å². The minimum atomic E-state index is -1.08. The van der Waals surface area contributed by atoms with Crippen molar-refractivity contribution in [1.82, 2.24) is 0 Å². The maximum absolute atomic E-state index is 14.2. The van der Waals surface area contributed by atoms with E-state index in [-0.39, 0.29) is 11.3 Å². The van der Waals surface area contributed by atoms with Crippen molar-refractivity contribution in [2.75, 3.05) is 14.2 Å². The summed E-state index contributed by atoms with van der Waals surface area (Å²) >= 11 is 3.27. The molecule has 20 heavy (non-hydrogen) atoms. The maximum Gasteiger partial charge on any atom is 0.171 e. The predicted molar refractivity (Wildman–Crippen MR) is 77.7 cm³/mol. The lowest BCUT2D eigenvalue weighted by Crippen LogP contribution is -2.04. The first-order valence-corrected chi connectivity index (χ1v) is 6.71. The molecule has 0 aliphatic carbocycles. The van der Waals surface area contributed by atoms with Gasteiger partial charge in [0, 0.05) is 10.0 Å². The molecule has 1 unspecified atom stereocenters. The third-order valence-corrected chi connectivity index (χ3v) is 3.44. The topological polar surface area (TPSA) is 38.7 Å². The molecule has 0 bridgehead atoms. The van der Waals surface area contributed by atoms with Gasteiger partial charge in [0.1, 0.15) is 11.9 Å². The zero-order valence-corrected chi connectivity index (χ0v) is 12.6. The quantitative estimate of drug-likeness (QED) is 0.922. The zero-order valence-electron chi connectivity index (χ0n) is 11.1. The first-order chi connectivity index (χ1) is 9.56. The first-order valence-electron chi connectivity index (χ1n) is 5.91. The predicted octanol–water partition coefficient (Wildman–Crippen LogP) is 3.69. The molecule has 0 saturated heterocycles. The minimum absolute atomic E-state index is 0.0851. The number of halogens is 2. The molecule has 0 heterocycles. The smallest absolute Gasteiger partial charge is 0.171 e. The van der Waals surface area contributed by atoms with E-state index >= 15 is 0 Å². The highest BCUT2D eigenvalue weighted by molar-refractivity contribution is 9.10. The Bertz CT molecular complexity index is 599. The van der Waals surface area contributed by atoms with Crippen molar-refractivity contribution in [2.45, 2.75) is 6.10 Å². The summed E-state index contributed by atoms with van der Waals surface area (Å²) in [4.78, 5) is 0. The maximum atomic E-state index is 14.2. The van der Waals surface area contributed by atoms with Gasteiger partial charge in [0.05, 0.1) is 14.2 Å². The SMILES string of the molecule is COc1ccc(C(O)c2cc(Br)cc(OC)c2F)cc1. The highest BCUT2D eigenvalue weighted by Gasteiger charge is 2.19. The summed E-state index contributed by atoms with van der Waals surface area (Å²) in [6.07, 6.45) is -1.08. The van der Waals surface area contributed by atoms with Crippen LogP contribution in [0.4, 0.5) is 4.39 Å². The normalized spacial score (nSPS) is 12.1. The molecule has 2 aromatic rings. The fourth-order valence-electron chi connectivity index (χ4n) is 1.90. The van der Waals surface area contributed by atoms with Crippen LogP contribution in [-0.2, 0) is 0 Å². The molecular formula is C15H14BrFO3. The molecule has 0 fully saturated rings. The van der Waals surface area contributed by atoms with Crippen molar-refractivity contribution in [3.05, 3.63) is 57.8 Å². The van der Waals surface area contributed by atoms with E-state index in [1.165, 1.54) is 19.2 Å². The lowest BCUT2D eigenvalue weighted by atomic mass is 10.0. The number of hydrogen-bond donors (Lipinski definition) is 1. The third kappa shape index (κ3) is 2.94. The number of rotatable bonds is 4. The summed E-state index contributed by atoms with van der Waals surface area (Å²) < 4.78 is 24.8. The minimum Gasteiger partial charge on any atom is -0.497 e. The Morgan fingerprint density at radius 2 is 1.75 bits per heavy atom. The molecule has 0 aliphatic rings. The van der Waals surface area contributed by atoms with Crippen LogP contribution in [0, 0.1) is 5.82 Å². The van der Waals surface area contributed by atoms with Crippen LogP contribution in [0.1, 0.15) is 17.2 Å². The summed E-state index contributed by atoms with van der Waals surface area (Å²) in [6.45, 7) is 0. The summed E-state index contributed by atoms with van der Waals surface area (Å²) in [5.41, 5.74) is 0.728. The highest BCUT2D eigenvalue weighted by Crippen LogP contribution is 2.33. The van der Waals surface area contributed by atoms with E-state index < -0.39 is 11.9 Å². The zero-order chi connectivity index (χ0) is 14.7. The van der Waals surface area contributed by atoms with Crippen molar-refractivity contribution in [2.24, 2.45) is 0 Å². The summed E-state index contributed by atoms with van der Waals surface area (Å²) in [6, 6.07) is 9.86. The molecule has 2 rings (SSSR count). The average molecular weight is 341 g/mol. The van der Waals surface area contributed by atoms with Gasteiger partial charge in [-0.15, -0.1) is 0 Å². The van der Waals surface area contributed by atoms with Gasteiger partial charge in [-0.25, -0.2) is 4.39 Å². The van der Waals surface area contributed by atoms with Gasteiger partial charge in [-0.05, 0) is 29.8 Å². The Hall–Kier alpha value is -1.59. The largest absolute Gasteiger partial charge is 0.497 e. The molecule has 1 N–H and O–H groups in total. The summed E-state index contributed by atoms with van der Waals surface area (Å²) in [5.74, 6) is 0.189. The van der Waals surface area contributed by atoms with E-state index in [1.807, 2.05) is 0 Å². The molecule has 0 saturated carbocycles. The van der Waals surface area contributed by atoms with E-state index in [4.69, 9.17) is 9.47 Å². The van der Waals surface area contributed by atoms with Gasteiger partial charge in [0.2, 0.25) is 0 Å². The van der Waals surface area contributed by atoms with Crippen molar-refractivity contribution >= 4 is 15.9 Å². The fraction of sp³-hybridized carbons (Fsp3) is 0.200. The number of ether oxygens (including phenoxy) is 2. The van der Waals surface area contributed by atoms with Gasteiger partial charge in [-0.2, -0.15) is 0 Å². The Morgan fingerprint density at radius 1 is 1.10 bits per heavy atom. The molecule has 0 spiro atoms. The lowest BCUT2D eigenvalue weighted by molar-refractivity contribution is 0.213. The van der Waals surface area contributed by atoms with Crippen LogP contribution in [0.25, 0.3) is 0 Å². The van der Waals surface area contributed by atoms with Gasteiger partial charge in [0.15, 0.2) is 11.6 Å². The fourth-order valence-corrected chi connectivity index (χ4v) is 2.35. The van der Waals surface area contributed by atoms with Crippen LogP contribution in [-0.4, -0.2) is 19.3 Å². The molecule has 106 valence electrons. The average Bonchev–Trinajstić information content (AvgIpc) is 2.48. The van der Waals surface area contributed by atoms with Gasteiger partial charge in [-0.3, -0.25) is 0 Å². The molecule has 5 heteroatoms.